The number of ether oxygens (including phenoxy) is 2. The number of benzene rings is 1. The van der Waals surface area contributed by atoms with Crippen molar-refractivity contribution in [2.45, 2.75) is 32.1 Å². The van der Waals surface area contributed by atoms with E-state index in [-0.39, 0.29) is 23.7 Å². The zero-order valence-electron chi connectivity index (χ0n) is 16.1. The van der Waals surface area contributed by atoms with Gasteiger partial charge >= 0.3 is 0 Å². The van der Waals surface area contributed by atoms with E-state index >= 15 is 0 Å². The highest BCUT2D eigenvalue weighted by Crippen LogP contribution is 2.23. The number of nitrogens with zero attached hydrogens (tertiary/aromatic N) is 1. The van der Waals surface area contributed by atoms with Crippen LogP contribution in [0.1, 0.15) is 31.2 Å². The molecule has 1 aromatic carbocycles. The maximum absolute atomic E-state index is 12.6. The van der Waals surface area contributed by atoms with Crippen LogP contribution in [0.3, 0.4) is 0 Å². The molecule has 3 rings (SSSR count). The first-order valence-corrected chi connectivity index (χ1v) is 9.94. The minimum absolute atomic E-state index is 0.00838. The van der Waals surface area contributed by atoms with Gasteiger partial charge in [-0.2, -0.15) is 0 Å². The Hall–Kier alpha value is -2.08. The van der Waals surface area contributed by atoms with Crippen LogP contribution in [-0.4, -0.2) is 56.7 Å². The fraction of sp³-hybridized carbons (Fsp3) is 0.619. The quantitative estimate of drug-likeness (QED) is 0.827. The highest BCUT2D eigenvalue weighted by atomic mass is 16.5. The molecule has 6 nitrogen and oxygen atoms in total. The van der Waals surface area contributed by atoms with Gasteiger partial charge in [-0.3, -0.25) is 9.59 Å². The molecule has 2 amide bonds. The van der Waals surface area contributed by atoms with E-state index in [4.69, 9.17) is 9.47 Å². The molecule has 1 N–H and O–H groups in total. The molecule has 0 saturated carbocycles. The SMILES string of the molecule is COc1cccc(CCNC(=O)C2CCN(C(=O)C3CCOCC3)CC2)c1. The van der Waals surface area contributed by atoms with Crippen molar-refractivity contribution in [2.24, 2.45) is 11.8 Å². The number of nitrogens with one attached hydrogen (secondary N) is 1. The van der Waals surface area contributed by atoms with Crippen LogP contribution >= 0.6 is 0 Å². The van der Waals surface area contributed by atoms with Gasteiger partial charge < -0.3 is 19.7 Å². The van der Waals surface area contributed by atoms with E-state index in [2.05, 4.69) is 5.32 Å². The Morgan fingerprint density at radius 2 is 1.89 bits per heavy atom. The maximum atomic E-state index is 12.6. The van der Waals surface area contributed by atoms with E-state index in [0.29, 0.717) is 32.8 Å². The highest BCUT2D eigenvalue weighted by Gasteiger charge is 2.31. The number of hydrogen-bond acceptors (Lipinski definition) is 4. The molecule has 2 saturated heterocycles. The Morgan fingerprint density at radius 1 is 1.15 bits per heavy atom. The third-order valence-electron chi connectivity index (χ3n) is 5.60. The minimum atomic E-state index is 0.00838. The smallest absolute Gasteiger partial charge is 0.225 e. The Labute approximate surface area is 161 Å². The molecule has 2 aliphatic rings. The predicted octanol–water partition coefficient (Wildman–Crippen LogP) is 2.02. The lowest BCUT2D eigenvalue weighted by Gasteiger charge is -2.34. The molecule has 0 spiro atoms. The van der Waals surface area contributed by atoms with E-state index in [9.17, 15) is 9.59 Å². The van der Waals surface area contributed by atoms with Crippen LogP contribution in [0.4, 0.5) is 0 Å². The molecule has 0 aliphatic carbocycles. The monoisotopic (exact) mass is 374 g/mol. The van der Waals surface area contributed by atoms with Crippen molar-refractivity contribution in [1.29, 1.82) is 0 Å². The Kier molecular flexibility index (Phi) is 7.10. The number of carbonyl (C=O) groups is 2. The second-order valence-electron chi connectivity index (χ2n) is 7.38. The molecule has 0 unspecified atom stereocenters. The van der Waals surface area contributed by atoms with Crippen LogP contribution in [0.15, 0.2) is 24.3 Å². The van der Waals surface area contributed by atoms with Crippen LogP contribution in [0.2, 0.25) is 0 Å². The number of piperidine rings is 1. The third-order valence-corrected chi connectivity index (χ3v) is 5.60. The van der Waals surface area contributed by atoms with Crippen molar-refractivity contribution in [3.63, 3.8) is 0 Å². The standard InChI is InChI=1S/C21H30N2O4/c1-26-19-4-2-3-16(15-19)5-10-22-20(24)17-6-11-23(12-7-17)21(25)18-8-13-27-14-9-18/h2-4,15,17-18H,5-14H2,1H3,(H,22,24). The molecular weight excluding hydrogens is 344 g/mol. The van der Waals surface area contributed by atoms with Crippen molar-refractivity contribution in [3.05, 3.63) is 29.8 Å². The summed E-state index contributed by atoms with van der Waals surface area (Å²) in [5.74, 6) is 1.30. The normalized spacial score (nSPS) is 18.9. The van der Waals surface area contributed by atoms with Crippen molar-refractivity contribution in [3.8, 4) is 5.75 Å². The van der Waals surface area contributed by atoms with Gasteiger partial charge in [0.25, 0.3) is 0 Å². The topological polar surface area (TPSA) is 67.9 Å². The van der Waals surface area contributed by atoms with Gasteiger partial charge in [-0.15, -0.1) is 0 Å². The molecule has 1 aromatic rings. The van der Waals surface area contributed by atoms with Gasteiger partial charge in [0, 0.05) is 44.7 Å². The number of amides is 2. The molecule has 148 valence electrons. The zero-order valence-corrected chi connectivity index (χ0v) is 16.1. The molecule has 0 aromatic heterocycles. The number of likely N-dealkylation sites (tertiary alicyclic amines) is 1. The lowest BCUT2D eigenvalue weighted by atomic mass is 9.93. The summed E-state index contributed by atoms with van der Waals surface area (Å²) >= 11 is 0. The van der Waals surface area contributed by atoms with E-state index in [0.717, 1.165) is 43.4 Å². The molecule has 2 fully saturated rings. The van der Waals surface area contributed by atoms with E-state index in [1.54, 1.807) is 7.11 Å². The summed E-state index contributed by atoms with van der Waals surface area (Å²) in [6.07, 6.45) is 3.93. The second-order valence-corrected chi connectivity index (χ2v) is 7.38. The average Bonchev–Trinajstić information content (AvgIpc) is 2.74. The number of carbonyl (C=O) groups excluding carboxylic acids is 2. The fourth-order valence-electron chi connectivity index (χ4n) is 3.87. The summed E-state index contributed by atoms with van der Waals surface area (Å²) in [4.78, 5) is 26.9. The van der Waals surface area contributed by atoms with Gasteiger partial charge in [0.2, 0.25) is 11.8 Å². The van der Waals surface area contributed by atoms with E-state index in [1.165, 1.54) is 0 Å². The van der Waals surface area contributed by atoms with E-state index in [1.807, 2.05) is 29.2 Å². The van der Waals surface area contributed by atoms with Crippen LogP contribution < -0.4 is 10.1 Å². The van der Waals surface area contributed by atoms with Crippen molar-refractivity contribution >= 4 is 11.8 Å². The molecule has 0 atom stereocenters. The lowest BCUT2D eigenvalue weighted by Crippen LogP contribution is -2.46. The van der Waals surface area contributed by atoms with Crippen LogP contribution in [0, 0.1) is 11.8 Å². The summed E-state index contributed by atoms with van der Waals surface area (Å²) in [6.45, 7) is 3.35. The number of methoxy groups -OCH3 is 1. The molecular formula is C21H30N2O4. The largest absolute Gasteiger partial charge is 0.497 e. The van der Waals surface area contributed by atoms with Gasteiger partial charge in [-0.25, -0.2) is 0 Å². The molecule has 0 bridgehead atoms. The first-order valence-electron chi connectivity index (χ1n) is 9.94. The Morgan fingerprint density at radius 3 is 2.59 bits per heavy atom. The summed E-state index contributed by atoms with van der Waals surface area (Å²) in [5, 5.41) is 3.05. The van der Waals surface area contributed by atoms with Crippen LogP contribution in [0.5, 0.6) is 5.75 Å². The van der Waals surface area contributed by atoms with Crippen LogP contribution in [-0.2, 0) is 20.7 Å². The van der Waals surface area contributed by atoms with Gasteiger partial charge in [-0.1, -0.05) is 12.1 Å². The van der Waals surface area contributed by atoms with Crippen molar-refractivity contribution in [1.82, 2.24) is 10.2 Å². The molecule has 0 radical (unpaired) electrons. The first kappa shape index (κ1) is 19.7. The summed E-state index contributed by atoms with van der Waals surface area (Å²) in [6, 6.07) is 7.90. The fourth-order valence-corrected chi connectivity index (χ4v) is 3.87. The van der Waals surface area contributed by atoms with Crippen LogP contribution in [0.25, 0.3) is 0 Å². The zero-order chi connectivity index (χ0) is 19.1. The summed E-state index contributed by atoms with van der Waals surface area (Å²) < 4.78 is 10.6. The molecule has 6 heteroatoms. The van der Waals surface area contributed by atoms with Gasteiger partial charge in [-0.05, 0) is 49.8 Å². The molecule has 2 aliphatic heterocycles. The van der Waals surface area contributed by atoms with Crippen molar-refractivity contribution < 1.29 is 19.1 Å². The Bertz CT molecular complexity index is 635. The van der Waals surface area contributed by atoms with Crippen molar-refractivity contribution in [2.75, 3.05) is 40.0 Å². The number of rotatable bonds is 6. The summed E-state index contributed by atoms with van der Waals surface area (Å²) in [5.41, 5.74) is 1.14. The number of hydrogen-bond donors (Lipinski definition) is 1. The first-order chi connectivity index (χ1) is 13.2. The van der Waals surface area contributed by atoms with Gasteiger partial charge in [0.1, 0.15) is 5.75 Å². The maximum Gasteiger partial charge on any atom is 0.225 e. The van der Waals surface area contributed by atoms with Gasteiger partial charge in [0.05, 0.1) is 7.11 Å². The second kappa shape index (κ2) is 9.74. The minimum Gasteiger partial charge on any atom is -0.497 e. The van der Waals surface area contributed by atoms with E-state index < -0.39 is 0 Å². The highest BCUT2D eigenvalue weighted by molar-refractivity contribution is 5.81. The molecule has 2 heterocycles. The lowest BCUT2D eigenvalue weighted by molar-refractivity contribution is -0.141. The van der Waals surface area contributed by atoms with Gasteiger partial charge in [0.15, 0.2) is 0 Å². The predicted molar refractivity (Wildman–Crippen MR) is 103 cm³/mol. The molecule has 27 heavy (non-hydrogen) atoms. The average molecular weight is 374 g/mol. The third kappa shape index (κ3) is 5.45. The Balaban J connectivity index is 1.38. The summed E-state index contributed by atoms with van der Waals surface area (Å²) in [7, 11) is 1.65.